The van der Waals surface area contributed by atoms with Crippen LogP contribution >= 0.6 is 0 Å². The minimum absolute atomic E-state index is 0.0851. The smallest absolute Gasteiger partial charge is 0.189 e. The van der Waals surface area contributed by atoms with E-state index < -0.39 is 24.6 Å². The molecule has 0 saturated carbocycles. The normalized spacial score (nSPS) is 14.3. The zero-order chi connectivity index (χ0) is 12.7. The number of carbonyl (C=O) groups excluding carboxylic acids is 1. The number of carbonyl (C=O) groups is 1. The highest BCUT2D eigenvalue weighted by atomic mass is 16.3. The molecular formula is C12H17NO4. The van der Waals surface area contributed by atoms with Crippen LogP contribution in [0.5, 0.6) is 0 Å². The Balaban J connectivity index is 2.29. The topological polar surface area (TPSA) is 89.8 Å². The molecule has 1 aromatic carbocycles. The molecule has 17 heavy (non-hydrogen) atoms. The standard InChI is InChI=1S/C12H17NO4/c14-8-11(16)12(17)10(15)7-13-6-9-4-2-1-3-5-9/h1-5,10,12-15,17H,6-8H2/t10-,12-/m0/s1. The van der Waals surface area contributed by atoms with Gasteiger partial charge in [-0.15, -0.1) is 0 Å². The van der Waals surface area contributed by atoms with E-state index in [1.165, 1.54) is 0 Å². The Morgan fingerprint density at radius 3 is 2.47 bits per heavy atom. The summed E-state index contributed by atoms with van der Waals surface area (Å²) in [4.78, 5) is 10.9. The van der Waals surface area contributed by atoms with Crippen molar-refractivity contribution >= 4 is 5.78 Å². The molecule has 0 radical (unpaired) electrons. The largest absolute Gasteiger partial charge is 0.389 e. The number of aliphatic hydroxyl groups excluding tert-OH is 3. The van der Waals surface area contributed by atoms with Crippen LogP contribution in [0, 0.1) is 0 Å². The third kappa shape index (κ3) is 4.62. The fourth-order valence-corrected chi connectivity index (χ4v) is 1.38. The minimum atomic E-state index is -1.54. The van der Waals surface area contributed by atoms with E-state index in [1.807, 2.05) is 30.3 Å². The second-order valence-corrected chi connectivity index (χ2v) is 3.75. The van der Waals surface area contributed by atoms with Gasteiger partial charge in [-0.2, -0.15) is 0 Å². The first-order chi connectivity index (χ1) is 8.15. The van der Waals surface area contributed by atoms with Crippen LogP contribution in [-0.2, 0) is 11.3 Å². The summed E-state index contributed by atoms with van der Waals surface area (Å²) in [7, 11) is 0. The van der Waals surface area contributed by atoms with Crippen LogP contribution < -0.4 is 5.32 Å². The van der Waals surface area contributed by atoms with Gasteiger partial charge in [0.2, 0.25) is 0 Å². The van der Waals surface area contributed by atoms with E-state index in [9.17, 15) is 15.0 Å². The Morgan fingerprint density at radius 1 is 1.24 bits per heavy atom. The third-order valence-corrected chi connectivity index (χ3v) is 2.38. The molecule has 0 aliphatic carbocycles. The zero-order valence-electron chi connectivity index (χ0n) is 9.41. The lowest BCUT2D eigenvalue weighted by Gasteiger charge is -2.16. The second kappa shape index (κ2) is 7.13. The summed E-state index contributed by atoms with van der Waals surface area (Å²) in [5.41, 5.74) is 1.04. The number of nitrogens with one attached hydrogen (secondary N) is 1. The molecule has 94 valence electrons. The molecule has 0 aromatic heterocycles. The average molecular weight is 239 g/mol. The molecule has 0 heterocycles. The Labute approximate surface area is 99.7 Å². The van der Waals surface area contributed by atoms with Crippen LogP contribution in [0.1, 0.15) is 5.56 Å². The van der Waals surface area contributed by atoms with Crippen molar-refractivity contribution in [3.05, 3.63) is 35.9 Å². The Kier molecular flexibility index (Phi) is 5.79. The number of aliphatic hydroxyl groups is 3. The predicted octanol–water partition coefficient (Wildman–Crippen LogP) is -0.941. The van der Waals surface area contributed by atoms with Gasteiger partial charge in [-0.3, -0.25) is 4.79 Å². The van der Waals surface area contributed by atoms with Crippen LogP contribution in [0.3, 0.4) is 0 Å². The Morgan fingerprint density at radius 2 is 1.88 bits per heavy atom. The monoisotopic (exact) mass is 239 g/mol. The van der Waals surface area contributed by atoms with Gasteiger partial charge in [-0.1, -0.05) is 30.3 Å². The summed E-state index contributed by atoms with van der Waals surface area (Å²) >= 11 is 0. The van der Waals surface area contributed by atoms with Crippen LogP contribution in [0.4, 0.5) is 0 Å². The molecule has 4 N–H and O–H groups in total. The quantitative estimate of drug-likeness (QED) is 0.493. The SMILES string of the molecule is O=C(CO)[C@@H](O)[C@@H](O)CNCc1ccccc1. The maximum absolute atomic E-state index is 10.9. The molecule has 0 aliphatic rings. The Bertz CT molecular complexity index is 342. The van der Waals surface area contributed by atoms with Crippen molar-refractivity contribution in [2.24, 2.45) is 0 Å². The summed E-state index contributed by atoms with van der Waals surface area (Å²) in [5.74, 6) is -0.779. The molecule has 1 aromatic rings. The molecule has 5 nitrogen and oxygen atoms in total. The Hall–Kier alpha value is -1.27. The first-order valence-electron chi connectivity index (χ1n) is 5.39. The number of Topliss-reactive ketones (excluding diaryl/α,β-unsaturated/α-hetero) is 1. The summed E-state index contributed by atoms with van der Waals surface area (Å²) < 4.78 is 0. The van der Waals surface area contributed by atoms with Gasteiger partial charge in [0.15, 0.2) is 5.78 Å². The van der Waals surface area contributed by atoms with Gasteiger partial charge in [0, 0.05) is 13.1 Å². The predicted molar refractivity (Wildman–Crippen MR) is 62.3 cm³/mol. The maximum Gasteiger partial charge on any atom is 0.189 e. The van der Waals surface area contributed by atoms with Crippen LogP contribution in [0.15, 0.2) is 30.3 Å². The second-order valence-electron chi connectivity index (χ2n) is 3.75. The van der Waals surface area contributed by atoms with Crippen molar-refractivity contribution in [3.8, 4) is 0 Å². The van der Waals surface area contributed by atoms with Gasteiger partial charge in [0.05, 0.1) is 6.10 Å². The highest BCUT2D eigenvalue weighted by Crippen LogP contribution is 1.98. The average Bonchev–Trinajstić information content (AvgIpc) is 2.38. The molecule has 0 fully saturated rings. The van der Waals surface area contributed by atoms with E-state index in [1.54, 1.807) is 0 Å². The van der Waals surface area contributed by atoms with Crippen molar-refractivity contribution < 1.29 is 20.1 Å². The van der Waals surface area contributed by atoms with Crippen LogP contribution in [0.2, 0.25) is 0 Å². The molecule has 1 rings (SSSR count). The summed E-state index contributed by atoms with van der Waals surface area (Å²) in [5, 5.41) is 30.2. The molecule has 0 spiro atoms. The lowest BCUT2D eigenvalue weighted by atomic mass is 10.1. The number of ketones is 1. The van der Waals surface area contributed by atoms with E-state index in [4.69, 9.17) is 5.11 Å². The molecule has 5 heteroatoms. The van der Waals surface area contributed by atoms with Crippen molar-refractivity contribution in [3.63, 3.8) is 0 Å². The van der Waals surface area contributed by atoms with Gasteiger partial charge in [-0.05, 0) is 5.56 Å². The summed E-state index contributed by atoms with van der Waals surface area (Å²) in [6.07, 6.45) is -2.75. The first kappa shape index (κ1) is 13.8. The summed E-state index contributed by atoms with van der Waals surface area (Å²) in [6, 6.07) is 9.56. The fraction of sp³-hybridized carbons (Fsp3) is 0.417. The van der Waals surface area contributed by atoms with Crippen molar-refractivity contribution in [1.82, 2.24) is 5.32 Å². The fourth-order valence-electron chi connectivity index (χ4n) is 1.38. The van der Waals surface area contributed by atoms with Gasteiger partial charge >= 0.3 is 0 Å². The first-order valence-corrected chi connectivity index (χ1v) is 5.39. The number of hydrogen-bond acceptors (Lipinski definition) is 5. The molecule has 0 aliphatic heterocycles. The number of rotatable bonds is 7. The van der Waals surface area contributed by atoms with E-state index in [0.717, 1.165) is 5.56 Å². The van der Waals surface area contributed by atoms with Crippen LogP contribution in [-0.4, -0.2) is 46.5 Å². The van der Waals surface area contributed by atoms with Crippen molar-refractivity contribution in [2.45, 2.75) is 18.8 Å². The number of hydrogen-bond donors (Lipinski definition) is 4. The summed E-state index contributed by atoms with van der Waals surface area (Å²) in [6.45, 7) is -0.142. The number of benzene rings is 1. The van der Waals surface area contributed by atoms with Crippen molar-refractivity contribution in [1.29, 1.82) is 0 Å². The van der Waals surface area contributed by atoms with E-state index in [-0.39, 0.29) is 6.54 Å². The molecule has 2 atom stereocenters. The molecule has 0 unspecified atom stereocenters. The van der Waals surface area contributed by atoms with E-state index >= 15 is 0 Å². The van der Waals surface area contributed by atoms with Gasteiger partial charge in [-0.25, -0.2) is 0 Å². The lowest BCUT2D eigenvalue weighted by molar-refractivity contribution is -0.135. The molecular weight excluding hydrogens is 222 g/mol. The molecule has 0 bridgehead atoms. The lowest BCUT2D eigenvalue weighted by Crippen LogP contribution is -2.42. The minimum Gasteiger partial charge on any atom is -0.389 e. The molecule has 0 amide bonds. The van der Waals surface area contributed by atoms with E-state index in [0.29, 0.717) is 6.54 Å². The van der Waals surface area contributed by atoms with Gasteiger partial charge < -0.3 is 20.6 Å². The van der Waals surface area contributed by atoms with Crippen LogP contribution in [0.25, 0.3) is 0 Å². The van der Waals surface area contributed by atoms with E-state index in [2.05, 4.69) is 5.32 Å². The third-order valence-electron chi connectivity index (χ3n) is 2.38. The molecule has 0 saturated heterocycles. The zero-order valence-corrected chi connectivity index (χ0v) is 9.41. The maximum atomic E-state index is 10.9. The highest BCUT2D eigenvalue weighted by Gasteiger charge is 2.22. The van der Waals surface area contributed by atoms with Crippen molar-refractivity contribution in [2.75, 3.05) is 13.2 Å². The van der Waals surface area contributed by atoms with Gasteiger partial charge in [0.25, 0.3) is 0 Å². The highest BCUT2D eigenvalue weighted by molar-refractivity contribution is 5.84. The van der Waals surface area contributed by atoms with Gasteiger partial charge in [0.1, 0.15) is 12.7 Å².